The molecule has 0 fully saturated rings. The number of hydrogen-bond acceptors (Lipinski definition) is 1. The van der Waals surface area contributed by atoms with E-state index in [-0.39, 0.29) is 0 Å². The Morgan fingerprint density at radius 1 is 0.465 bits per heavy atom. The summed E-state index contributed by atoms with van der Waals surface area (Å²) in [5, 5.41) is 4.96. The first-order valence-electron chi connectivity index (χ1n) is 14.8. The van der Waals surface area contributed by atoms with E-state index in [2.05, 4.69) is 180 Å². The molecular weight excluding hydrogens is 520 g/mol. The van der Waals surface area contributed by atoms with Gasteiger partial charge in [-0.25, -0.2) is 0 Å². The van der Waals surface area contributed by atoms with Crippen molar-refractivity contribution in [2.75, 3.05) is 4.90 Å². The maximum absolute atomic E-state index is 2.41. The molecule has 204 valence electrons. The maximum Gasteiger partial charge on any atom is 0.0562 e. The van der Waals surface area contributed by atoms with Gasteiger partial charge < -0.3 is 9.47 Å². The van der Waals surface area contributed by atoms with E-state index in [1.165, 1.54) is 49.3 Å². The van der Waals surface area contributed by atoms with Gasteiger partial charge in [-0.3, -0.25) is 0 Å². The van der Waals surface area contributed by atoms with Crippen LogP contribution < -0.4 is 4.90 Å². The van der Waals surface area contributed by atoms with Crippen molar-refractivity contribution in [2.24, 2.45) is 0 Å². The van der Waals surface area contributed by atoms with Gasteiger partial charge in [-0.1, -0.05) is 115 Å². The molecule has 0 unspecified atom stereocenters. The SMILES string of the molecule is Cc1ccc(N(c2ccc(-c3ccccc3)cc2)c2cccc3c2c2ccccc2n3-c2ccc3ccccc3c2)cc1. The zero-order valence-electron chi connectivity index (χ0n) is 24.0. The minimum absolute atomic E-state index is 1.12. The van der Waals surface area contributed by atoms with Gasteiger partial charge in [-0.05, 0) is 83.4 Å². The summed E-state index contributed by atoms with van der Waals surface area (Å²) >= 11 is 0. The lowest BCUT2D eigenvalue weighted by atomic mass is 10.0. The molecule has 1 heterocycles. The second-order valence-corrected chi connectivity index (χ2v) is 11.1. The van der Waals surface area contributed by atoms with Gasteiger partial charge in [0.25, 0.3) is 0 Å². The lowest BCUT2D eigenvalue weighted by Gasteiger charge is -2.27. The number of anilines is 3. The van der Waals surface area contributed by atoms with E-state index in [0.717, 1.165) is 22.7 Å². The summed E-state index contributed by atoms with van der Waals surface area (Å²) in [6.45, 7) is 2.14. The third kappa shape index (κ3) is 4.36. The van der Waals surface area contributed by atoms with Crippen molar-refractivity contribution < 1.29 is 0 Å². The fraction of sp³-hybridized carbons (Fsp3) is 0.0244. The Kier molecular flexibility index (Phi) is 6.05. The first-order chi connectivity index (χ1) is 21.2. The van der Waals surface area contributed by atoms with E-state index in [9.17, 15) is 0 Å². The van der Waals surface area contributed by atoms with Gasteiger partial charge in [0.05, 0.1) is 16.7 Å². The standard InChI is InChI=1S/C41H30N2/c1-29-18-23-34(24-19-29)42(35-25-20-32(21-26-35)30-10-3-2-4-11-30)39-16-9-17-40-41(39)37-14-7-8-15-38(37)43(40)36-27-22-31-12-5-6-13-33(31)28-36/h2-28H,1H3. The molecule has 0 atom stereocenters. The highest BCUT2D eigenvalue weighted by Crippen LogP contribution is 2.44. The van der Waals surface area contributed by atoms with Crippen molar-refractivity contribution in [1.29, 1.82) is 0 Å². The molecule has 0 bridgehead atoms. The number of aryl methyl sites for hydroxylation is 1. The van der Waals surface area contributed by atoms with Crippen LogP contribution in [0.15, 0.2) is 164 Å². The molecule has 7 aromatic carbocycles. The van der Waals surface area contributed by atoms with Crippen LogP contribution in [-0.4, -0.2) is 4.57 Å². The van der Waals surface area contributed by atoms with Crippen molar-refractivity contribution in [3.63, 3.8) is 0 Å². The van der Waals surface area contributed by atoms with E-state index in [0.29, 0.717) is 0 Å². The average Bonchev–Trinajstić information content (AvgIpc) is 3.41. The smallest absolute Gasteiger partial charge is 0.0562 e. The molecule has 2 nitrogen and oxygen atoms in total. The van der Waals surface area contributed by atoms with Crippen LogP contribution in [0.3, 0.4) is 0 Å². The molecule has 0 saturated carbocycles. The lowest BCUT2D eigenvalue weighted by Crippen LogP contribution is -2.10. The molecule has 2 heteroatoms. The van der Waals surface area contributed by atoms with Crippen molar-refractivity contribution >= 4 is 49.6 Å². The van der Waals surface area contributed by atoms with E-state index in [1.54, 1.807) is 0 Å². The van der Waals surface area contributed by atoms with E-state index in [4.69, 9.17) is 0 Å². The normalized spacial score (nSPS) is 11.4. The van der Waals surface area contributed by atoms with Crippen molar-refractivity contribution in [1.82, 2.24) is 4.57 Å². The van der Waals surface area contributed by atoms with Gasteiger partial charge in [0.15, 0.2) is 0 Å². The Labute approximate surface area is 251 Å². The summed E-state index contributed by atoms with van der Waals surface area (Å²) in [7, 11) is 0. The Morgan fingerprint density at radius 3 is 1.88 bits per heavy atom. The molecule has 43 heavy (non-hydrogen) atoms. The zero-order valence-corrected chi connectivity index (χ0v) is 24.0. The molecular formula is C41H30N2. The van der Waals surface area contributed by atoms with Crippen LogP contribution in [0.25, 0.3) is 49.4 Å². The highest BCUT2D eigenvalue weighted by atomic mass is 15.1. The predicted molar refractivity (Wildman–Crippen MR) is 183 cm³/mol. The first-order valence-corrected chi connectivity index (χ1v) is 14.8. The molecule has 0 aliphatic carbocycles. The summed E-state index contributed by atoms with van der Waals surface area (Å²) in [6.07, 6.45) is 0. The van der Waals surface area contributed by atoms with Crippen LogP contribution in [0.4, 0.5) is 17.1 Å². The maximum atomic E-state index is 2.41. The largest absolute Gasteiger partial charge is 0.310 e. The van der Waals surface area contributed by atoms with Crippen LogP contribution in [0.2, 0.25) is 0 Å². The van der Waals surface area contributed by atoms with Crippen LogP contribution in [0, 0.1) is 6.92 Å². The Morgan fingerprint density at radius 2 is 1.09 bits per heavy atom. The quantitative estimate of drug-likeness (QED) is 0.207. The van der Waals surface area contributed by atoms with E-state index >= 15 is 0 Å². The molecule has 8 aromatic rings. The summed E-state index contributed by atoms with van der Waals surface area (Å²) in [5.74, 6) is 0. The van der Waals surface area contributed by atoms with Gasteiger partial charge in [-0.2, -0.15) is 0 Å². The first kappa shape index (κ1) is 25.1. The van der Waals surface area contributed by atoms with Crippen LogP contribution >= 0.6 is 0 Å². The topological polar surface area (TPSA) is 8.17 Å². The molecule has 0 saturated heterocycles. The van der Waals surface area contributed by atoms with Crippen molar-refractivity contribution in [3.8, 4) is 16.8 Å². The number of para-hydroxylation sites is 1. The van der Waals surface area contributed by atoms with Crippen molar-refractivity contribution in [2.45, 2.75) is 6.92 Å². The Balaban J connectivity index is 1.37. The average molecular weight is 551 g/mol. The monoisotopic (exact) mass is 550 g/mol. The van der Waals surface area contributed by atoms with Crippen LogP contribution in [-0.2, 0) is 0 Å². The Bertz CT molecular complexity index is 2220. The van der Waals surface area contributed by atoms with Crippen LogP contribution in [0.1, 0.15) is 5.56 Å². The van der Waals surface area contributed by atoms with Crippen molar-refractivity contribution in [3.05, 3.63) is 169 Å². The number of nitrogens with zero attached hydrogens (tertiary/aromatic N) is 2. The van der Waals surface area contributed by atoms with E-state index in [1.807, 2.05) is 0 Å². The number of benzene rings is 7. The number of rotatable bonds is 5. The molecule has 0 amide bonds. The molecule has 8 rings (SSSR count). The second kappa shape index (κ2) is 10.3. The fourth-order valence-corrected chi connectivity index (χ4v) is 6.34. The third-order valence-corrected chi connectivity index (χ3v) is 8.43. The zero-order chi connectivity index (χ0) is 28.8. The fourth-order valence-electron chi connectivity index (χ4n) is 6.34. The molecule has 0 aliphatic heterocycles. The number of fused-ring (bicyclic) bond motifs is 4. The third-order valence-electron chi connectivity index (χ3n) is 8.43. The summed E-state index contributed by atoms with van der Waals surface area (Å²) in [5.41, 5.74) is 10.6. The van der Waals surface area contributed by atoms with Gasteiger partial charge in [0.1, 0.15) is 0 Å². The summed E-state index contributed by atoms with van der Waals surface area (Å²) in [4.78, 5) is 2.40. The molecule has 0 N–H and O–H groups in total. The second-order valence-electron chi connectivity index (χ2n) is 11.1. The van der Waals surface area contributed by atoms with E-state index < -0.39 is 0 Å². The number of hydrogen-bond donors (Lipinski definition) is 0. The molecule has 0 radical (unpaired) electrons. The minimum atomic E-state index is 1.12. The van der Waals surface area contributed by atoms with Gasteiger partial charge in [0, 0.05) is 27.8 Å². The number of aromatic nitrogens is 1. The van der Waals surface area contributed by atoms with Gasteiger partial charge >= 0.3 is 0 Å². The molecule has 0 aliphatic rings. The summed E-state index contributed by atoms with van der Waals surface area (Å²) < 4.78 is 2.41. The lowest BCUT2D eigenvalue weighted by molar-refractivity contribution is 1.18. The van der Waals surface area contributed by atoms with Gasteiger partial charge in [-0.15, -0.1) is 0 Å². The van der Waals surface area contributed by atoms with Gasteiger partial charge in [0.2, 0.25) is 0 Å². The predicted octanol–water partition coefficient (Wildman–Crippen LogP) is 11.4. The summed E-state index contributed by atoms with van der Waals surface area (Å²) in [6, 6.07) is 59.1. The Hall–Kier alpha value is -5.60. The molecule has 1 aromatic heterocycles. The highest BCUT2D eigenvalue weighted by molar-refractivity contribution is 6.16. The molecule has 0 spiro atoms. The minimum Gasteiger partial charge on any atom is -0.310 e. The highest BCUT2D eigenvalue weighted by Gasteiger charge is 2.21. The van der Waals surface area contributed by atoms with Crippen LogP contribution in [0.5, 0.6) is 0 Å².